The van der Waals surface area contributed by atoms with Crippen molar-refractivity contribution >= 4 is 16.7 Å². The van der Waals surface area contributed by atoms with Crippen LogP contribution >= 0.6 is 0 Å². The molecule has 0 spiro atoms. The molecule has 3 heterocycles. The number of hydrogen-bond donors (Lipinski definition) is 1. The number of nitrogens with one attached hydrogen (secondary N) is 1. The summed E-state index contributed by atoms with van der Waals surface area (Å²) in [6, 6.07) is 2.40. The Balaban J connectivity index is 1.75. The molecule has 1 N–H and O–H groups in total. The summed E-state index contributed by atoms with van der Waals surface area (Å²) < 4.78 is 3.86. The van der Waals surface area contributed by atoms with Crippen molar-refractivity contribution in [2.45, 2.75) is 39.9 Å². The molecular formula is C15H20N6. The fourth-order valence-electron chi connectivity index (χ4n) is 2.29. The summed E-state index contributed by atoms with van der Waals surface area (Å²) in [6.45, 7) is 7.92. The van der Waals surface area contributed by atoms with Crippen LogP contribution in [0.25, 0.3) is 11.0 Å². The predicted molar refractivity (Wildman–Crippen MR) is 83.1 cm³/mol. The van der Waals surface area contributed by atoms with Gasteiger partial charge in [0, 0.05) is 36.3 Å². The molecule has 0 unspecified atom stereocenters. The summed E-state index contributed by atoms with van der Waals surface area (Å²) >= 11 is 0. The van der Waals surface area contributed by atoms with Crippen LogP contribution in [0.1, 0.15) is 32.4 Å². The van der Waals surface area contributed by atoms with Crippen molar-refractivity contribution in [2.24, 2.45) is 0 Å². The molecular weight excluding hydrogens is 264 g/mol. The summed E-state index contributed by atoms with van der Waals surface area (Å²) in [5.74, 6) is 0. The summed E-state index contributed by atoms with van der Waals surface area (Å²) in [4.78, 5) is 4.51. The average molecular weight is 284 g/mol. The first kappa shape index (κ1) is 13.6. The van der Waals surface area contributed by atoms with E-state index in [1.54, 1.807) is 0 Å². The van der Waals surface area contributed by atoms with Gasteiger partial charge in [-0.15, -0.1) is 0 Å². The SMILES string of the molecule is CCn1cc(CNc2cnc3c(cnn3C(C)C)c2)cn1. The van der Waals surface area contributed by atoms with Crippen molar-refractivity contribution in [3.8, 4) is 0 Å². The number of rotatable bonds is 5. The van der Waals surface area contributed by atoms with Gasteiger partial charge in [-0.25, -0.2) is 9.67 Å². The molecule has 6 nitrogen and oxygen atoms in total. The van der Waals surface area contributed by atoms with Crippen LogP contribution in [-0.4, -0.2) is 24.5 Å². The lowest BCUT2D eigenvalue weighted by Crippen LogP contribution is -2.04. The Morgan fingerprint density at radius 3 is 2.76 bits per heavy atom. The summed E-state index contributed by atoms with van der Waals surface area (Å²) in [7, 11) is 0. The van der Waals surface area contributed by atoms with E-state index in [9.17, 15) is 0 Å². The molecule has 3 aromatic rings. The molecule has 0 amide bonds. The third kappa shape index (κ3) is 2.74. The second-order valence-corrected chi connectivity index (χ2v) is 5.38. The lowest BCUT2D eigenvalue weighted by molar-refractivity contribution is 0.546. The second kappa shape index (κ2) is 5.55. The van der Waals surface area contributed by atoms with Crippen molar-refractivity contribution < 1.29 is 0 Å². The molecule has 110 valence electrons. The van der Waals surface area contributed by atoms with Crippen LogP contribution in [-0.2, 0) is 13.1 Å². The van der Waals surface area contributed by atoms with Gasteiger partial charge in [-0.2, -0.15) is 10.2 Å². The number of nitrogens with zero attached hydrogens (tertiary/aromatic N) is 5. The molecule has 0 radical (unpaired) electrons. The van der Waals surface area contributed by atoms with E-state index in [1.807, 2.05) is 28.0 Å². The van der Waals surface area contributed by atoms with E-state index in [-0.39, 0.29) is 0 Å². The highest BCUT2D eigenvalue weighted by Crippen LogP contribution is 2.19. The van der Waals surface area contributed by atoms with E-state index < -0.39 is 0 Å². The molecule has 6 heteroatoms. The first-order valence-electron chi connectivity index (χ1n) is 7.26. The van der Waals surface area contributed by atoms with Gasteiger partial charge in [0.15, 0.2) is 5.65 Å². The van der Waals surface area contributed by atoms with Crippen LogP contribution in [0.4, 0.5) is 5.69 Å². The Morgan fingerprint density at radius 1 is 1.19 bits per heavy atom. The highest BCUT2D eigenvalue weighted by Gasteiger charge is 2.07. The molecule has 3 rings (SSSR count). The largest absolute Gasteiger partial charge is 0.380 e. The quantitative estimate of drug-likeness (QED) is 0.782. The van der Waals surface area contributed by atoms with Crippen LogP contribution in [0.15, 0.2) is 30.9 Å². The molecule has 0 saturated heterocycles. The minimum Gasteiger partial charge on any atom is -0.380 e. The average Bonchev–Trinajstić information content (AvgIpc) is 3.11. The Hall–Kier alpha value is -2.37. The molecule has 0 aliphatic heterocycles. The van der Waals surface area contributed by atoms with E-state index >= 15 is 0 Å². The first-order valence-corrected chi connectivity index (χ1v) is 7.26. The van der Waals surface area contributed by atoms with Crippen molar-refractivity contribution in [3.63, 3.8) is 0 Å². The summed E-state index contributed by atoms with van der Waals surface area (Å²) in [5.41, 5.74) is 3.08. The van der Waals surface area contributed by atoms with Gasteiger partial charge in [0.2, 0.25) is 0 Å². The number of pyridine rings is 1. The highest BCUT2D eigenvalue weighted by molar-refractivity contribution is 5.78. The molecule has 0 fully saturated rings. The number of fused-ring (bicyclic) bond motifs is 1. The van der Waals surface area contributed by atoms with Gasteiger partial charge < -0.3 is 5.32 Å². The van der Waals surface area contributed by atoms with E-state index in [2.05, 4.69) is 53.5 Å². The number of hydrogen-bond acceptors (Lipinski definition) is 4. The van der Waals surface area contributed by atoms with Crippen molar-refractivity contribution in [2.75, 3.05) is 5.32 Å². The molecule has 0 aliphatic rings. The molecule has 0 saturated carbocycles. The van der Waals surface area contributed by atoms with Gasteiger partial charge in [0.25, 0.3) is 0 Å². The van der Waals surface area contributed by atoms with Gasteiger partial charge in [0.05, 0.1) is 24.3 Å². The monoisotopic (exact) mass is 284 g/mol. The maximum absolute atomic E-state index is 4.51. The number of anilines is 1. The van der Waals surface area contributed by atoms with Gasteiger partial charge in [-0.1, -0.05) is 0 Å². The first-order chi connectivity index (χ1) is 10.2. The zero-order valence-corrected chi connectivity index (χ0v) is 12.6. The van der Waals surface area contributed by atoms with Crippen molar-refractivity contribution in [1.82, 2.24) is 24.5 Å². The van der Waals surface area contributed by atoms with E-state index in [0.717, 1.165) is 35.4 Å². The molecule has 0 aromatic carbocycles. The van der Waals surface area contributed by atoms with Crippen LogP contribution in [0.3, 0.4) is 0 Å². The topological polar surface area (TPSA) is 60.6 Å². The minimum atomic E-state index is 0.314. The van der Waals surface area contributed by atoms with Gasteiger partial charge >= 0.3 is 0 Å². The number of aromatic nitrogens is 5. The fourth-order valence-corrected chi connectivity index (χ4v) is 2.29. The maximum atomic E-state index is 4.51. The standard InChI is InChI=1S/C15H20N6/c1-4-20-10-12(7-18-20)6-16-14-5-13-8-19-21(11(2)3)15(13)17-9-14/h5,7-11,16H,4,6H2,1-3H3. The summed E-state index contributed by atoms with van der Waals surface area (Å²) in [6.07, 6.45) is 7.66. The predicted octanol–water partition coefficient (Wildman–Crippen LogP) is 2.84. The summed E-state index contributed by atoms with van der Waals surface area (Å²) in [5, 5.41) is 13.1. The lowest BCUT2D eigenvalue weighted by atomic mass is 10.3. The van der Waals surface area contributed by atoms with Crippen molar-refractivity contribution in [1.29, 1.82) is 0 Å². The zero-order chi connectivity index (χ0) is 14.8. The van der Waals surface area contributed by atoms with Crippen LogP contribution in [0, 0.1) is 0 Å². The van der Waals surface area contributed by atoms with Crippen LogP contribution < -0.4 is 5.32 Å². The Labute approximate surface area is 123 Å². The fraction of sp³-hybridized carbons (Fsp3) is 0.400. The van der Waals surface area contributed by atoms with Crippen LogP contribution in [0.2, 0.25) is 0 Å². The molecule has 0 aliphatic carbocycles. The normalized spacial score (nSPS) is 11.4. The maximum Gasteiger partial charge on any atom is 0.158 e. The van der Waals surface area contributed by atoms with E-state index in [0.29, 0.717) is 6.04 Å². The molecule has 0 bridgehead atoms. The van der Waals surface area contributed by atoms with Gasteiger partial charge in [-0.3, -0.25) is 4.68 Å². The van der Waals surface area contributed by atoms with E-state index in [1.165, 1.54) is 0 Å². The number of aryl methyl sites for hydroxylation is 1. The highest BCUT2D eigenvalue weighted by atomic mass is 15.3. The van der Waals surface area contributed by atoms with Gasteiger partial charge in [0.1, 0.15) is 0 Å². The van der Waals surface area contributed by atoms with Crippen LogP contribution in [0.5, 0.6) is 0 Å². The third-order valence-corrected chi connectivity index (χ3v) is 3.43. The smallest absolute Gasteiger partial charge is 0.158 e. The zero-order valence-electron chi connectivity index (χ0n) is 12.6. The molecule has 0 atom stereocenters. The lowest BCUT2D eigenvalue weighted by Gasteiger charge is -2.07. The van der Waals surface area contributed by atoms with E-state index in [4.69, 9.17) is 0 Å². The minimum absolute atomic E-state index is 0.314. The van der Waals surface area contributed by atoms with Crippen molar-refractivity contribution in [3.05, 3.63) is 36.4 Å². The third-order valence-electron chi connectivity index (χ3n) is 3.43. The molecule has 3 aromatic heterocycles. The second-order valence-electron chi connectivity index (χ2n) is 5.38. The Kier molecular flexibility index (Phi) is 3.60. The Bertz CT molecular complexity index is 740. The van der Waals surface area contributed by atoms with Gasteiger partial charge in [-0.05, 0) is 26.8 Å². The Morgan fingerprint density at radius 2 is 2.05 bits per heavy atom. The molecule has 21 heavy (non-hydrogen) atoms.